The summed E-state index contributed by atoms with van der Waals surface area (Å²) < 4.78 is 12.8. The van der Waals surface area contributed by atoms with E-state index in [0.717, 1.165) is 25.7 Å². The molecule has 4 saturated carbocycles. The zero-order valence-corrected chi connectivity index (χ0v) is 23.8. The summed E-state index contributed by atoms with van der Waals surface area (Å²) in [5.41, 5.74) is 1.24. The van der Waals surface area contributed by atoms with Crippen LogP contribution >= 0.6 is 67.5 Å². The number of hydrogen-bond acceptors (Lipinski definition) is 4. The number of ketones is 1. The maximum Gasteiger partial charge on any atom is 0.306 e. The number of fused-ring (bicyclic) bond motifs is 7. The molecule has 0 unspecified atom stereocenters. The minimum atomic E-state index is -0.239. The lowest BCUT2D eigenvalue weighted by molar-refractivity contribution is -0.164. The summed E-state index contributed by atoms with van der Waals surface area (Å²) in [6, 6.07) is 0. The van der Waals surface area contributed by atoms with Crippen molar-refractivity contribution in [2.75, 3.05) is 0 Å². The Labute approximate surface area is 226 Å². The number of epoxide rings is 1. The van der Waals surface area contributed by atoms with E-state index < -0.39 is 0 Å². The third-order valence-corrected chi connectivity index (χ3v) is 10.4. The Morgan fingerprint density at radius 1 is 0.969 bits per heavy atom. The number of carbonyl (C=O) groups is 2. The van der Waals surface area contributed by atoms with Gasteiger partial charge in [0.1, 0.15) is 11.2 Å². The number of ether oxygens (including phenoxy) is 2. The molecule has 9 atom stereocenters. The highest BCUT2D eigenvalue weighted by Crippen LogP contribution is 2.82. The van der Waals surface area contributed by atoms with E-state index in [9.17, 15) is 9.59 Å². The largest absolute Gasteiger partial charge is 0.458 e. The second-order valence-electron chi connectivity index (χ2n) is 11.1. The molecule has 7 rings (SSSR count). The molecule has 0 aromatic heterocycles. The van der Waals surface area contributed by atoms with Crippen LogP contribution in [0.1, 0.15) is 65.2 Å². The number of rotatable bonds is 0. The lowest BCUT2D eigenvalue weighted by Gasteiger charge is -2.56. The lowest BCUT2D eigenvalue weighted by atomic mass is 9.46. The number of hydrogen-bond donors (Lipinski definition) is 0. The predicted octanol–water partition coefficient (Wildman–Crippen LogP) is 4.15. The quantitative estimate of drug-likeness (QED) is 0.344. The summed E-state index contributed by atoms with van der Waals surface area (Å²) in [7, 11) is 0. The molecule has 0 aromatic carbocycles. The van der Waals surface area contributed by atoms with Crippen molar-refractivity contribution in [1.82, 2.24) is 0 Å². The molecule has 9 heteroatoms. The van der Waals surface area contributed by atoms with Crippen LogP contribution in [-0.2, 0) is 19.1 Å². The van der Waals surface area contributed by atoms with E-state index in [2.05, 4.69) is 13.8 Å². The molecule has 2 spiro atoms. The molecular weight excluding hydrogens is 501 g/mol. The van der Waals surface area contributed by atoms with Crippen molar-refractivity contribution in [3.63, 3.8) is 0 Å². The van der Waals surface area contributed by atoms with E-state index in [4.69, 9.17) is 9.47 Å². The summed E-state index contributed by atoms with van der Waals surface area (Å²) in [5.74, 6) is 2.77. The molecule has 0 N–H and O–H groups in total. The van der Waals surface area contributed by atoms with Crippen LogP contribution in [0, 0.1) is 34.5 Å². The molecule has 0 bridgehead atoms. The molecule has 2 saturated heterocycles. The minimum Gasteiger partial charge on any atom is -0.458 e. The van der Waals surface area contributed by atoms with E-state index in [0.29, 0.717) is 42.3 Å². The topological polar surface area (TPSA) is 55.9 Å². The van der Waals surface area contributed by atoms with Gasteiger partial charge in [-0.25, -0.2) is 0 Å². The molecule has 0 amide bonds. The van der Waals surface area contributed by atoms with Gasteiger partial charge in [-0.1, -0.05) is 19.4 Å². The first kappa shape index (κ1) is 28.8. The Hall–Kier alpha value is 0.590. The van der Waals surface area contributed by atoms with Gasteiger partial charge in [0.15, 0.2) is 5.78 Å². The van der Waals surface area contributed by atoms with Crippen molar-refractivity contribution >= 4 is 79.2 Å². The van der Waals surface area contributed by atoms with Crippen LogP contribution in [0.5, 0.6) is 0 Å². The fourth-order valence-corrected chi connectivity index (χ4v) is 9.12. The molecule has 5 aliphatic carbocycles. The Morgan fingerprint density at radius 2 is 1.69 bits per heavy atom. The smallest absolute Gasteiger partial charge is 0.306 e. The lowest BCUT2D eigenvalue weighted by Crippen LogP contribution is -2.60. The van der Waals surface area contributed by atoms with Gasteiger partial charge >= 0.3 is 5.97 Å². The maximum atomic E-state index is 12.2. The van der Waals surface area contributed by atoms with E-state index in [-0.39, 0.29) is 102 Å². The molecule has 6 fully saturated rings. The maximum absolute atomic E-state index is 12.2. The highest BCUT2D eigenvalue weighted by molar-refractivity contribution is 7.60. The van der Waals surface area contributed by atoms with Crippen LogP contribution < -0.4 is 0 Å². The Balaban J connectivity index is 0.000000726. The molecular formula is C23H38O4S5. The highest BCUT2D eigenvalue weighted by atomic mass is 32.1. The van der Waals surface area contributed by atoms with Crippen molar-refractivity contribution in [2.24, 2.45) is 34.5 Å². The van der Waals surface area contributed by atoms with Crippen molar-refractivity contribution in [3.8, 4) is 0 Å². The zero-order valence-electron chi connectivity index (χ0n) is 18.8. The average Bonchev–Trinajstić information content (AvgIpc) is 3.49. The van der Waals surface area contributed by atoms with Crippen LogP contribution in [0.25, 0.3) is 0 Å². The van der Waals surface area contributed by atoms with Gasteiger partial charge in [0.05, 0.1) is 6.10 Å². The fraction of sp³-hybridized carbons (Fsp3) is 0.826. The molecule has 0 radical (unpaired) electrons. The first-order chi connectivity index (χ1) is 12.8. The number of carbonyl (C=O) groups excluding carboxylic acids is 2. The van der Waals surface area contributed by atoms with Gasteiger partial charge < -0.3 is 9.47 Å². The van der Waals surface area contributed by atoms with E-state index >= 15 is 0 Å². The third-order valence-electron chi connectivity index (χ3n) is 10.4. The van der Waals surface area contributed by atoms with Gasteiger partial charge in [-0.15, -0.1) is 0 Å². The normalized spacial score (nSPS) is 52.3. The highest BCUT2D eigenvalue weighted by Gasteiger charge is 2.85. The van der Waals surface area contributed by atoms with Gasteiger partial charge in [0, 0.05) is 23.7 Å². The first-order valence-corrected chi connectivity index (χ1v) is 11.0. The molecule has 0 aromatic rings. The van der Waals surface area contributed by atoms with Gasteiger partial charge in [0.25, 0.3) is 0 Å². The third kappa shape index (κ3) is 2.93. The van der Waals surface area contributed by atoms with Crippen molar-refractivity contribution in [2.45, 2.75) is 82.5 Å². The predicted molar refractivity (Wildman–Crippen MR) is 149 cm³/mol. The van der Waals surface area contributed by atoms with Crippen molar-refractivity contribution < 1.29 is 19.1 Å². The second kappa shape index (κ2) is 8.32. The average molecular weight is 539 g/mol. The van der Waals surface area contributed by atoms with Crippen molar-refractivity contribution in [3.05, 3.63) is 11.6 Å². The van der Waals surface area contributed by atoms with E-state index in [1.165, 1.54) is 18.4 Å². The summed E-state index contributed by atoms with van der Waals surface area (Å²) in [5, 5.41) is 0. The molecule has 7 aliphatic rings. The first-order valence-electron chi connectivity index (χ1n) is 11.0. The SMILES string of the molecule is C[C@]12CCC(=O)C=C1[C@@H]1C[C@@H]1[C@H]1[C@@H]3CC[C@@]4(CCC(=O)O4)[C@@]3(C)C[C@H]3O[C@@]132.S.S.S.S.S. The minimum absolute atomic E-state index is 0. The van der Waals surface area contributed by atoms with Crippen LogP contribution in [0.2, 0.25) is 0 Å². The Morgan fingerprint density at radius 3 is 2.34 bits per heavy atom. The number of esters is 1. The van der Waals surface area contributed by atoms with Gasteiger partial charge in [0.2, 0.25) is 0 Å². The molecule has 184 valence electrons. The standard InChI is InChI=1S/C23H28O4.5H2S/c1-20-6-3-12(24)9-16(20)13-10-14(13)19-15-4-7-22(8-5-18(25)27-22)21(15,2)11-17-23(19,20)26-17;;;;;/h9,13-15,17,19H,3-8,10-11H2,1-2H3;5*1H2/t13-,14+,15+,17-,19+,20+,21+,22-,23-;;;;;/m1...../s1. The van der Waals surface area contributed by atoms with Gasteiger partial charge in [-0.2, -0.15) is 67.5 Å². The van der Waals surface area contributed by atoms with Gasteiger partial charge in [-0.05, 0) is 68.3 Å². The Bertz CT molecular complexity index is 865. The molecule has 4 nitrogen and oxygen atoms in total. The van der Waals surface area contributed by atoms with Crippen LogP contribution in [0.4, 0.5) is 0 Å². The molecule has 2 heterocycles. The summed E-state index contributed by atoms with van der Waals surface area (Å²) in [6.45, 7) is 4.81. The van der Waals surface area contributed by atoms with Crippen LogP contribution in [0.15, 0.2) is 11.6 Å². The van der Waals surface area contributed by atoms with Crippen LogP contribution in [0.3, 0.4) is 0 Å². The monoisotopic (exact) mass is 538 g/mol. The van der Waals surface area contributed by atoms with Crippen LogP contribution in [-0.4, -0.2) is 29.1 Å². The molecule has 32 heavy (non-hydrogen) atoms. The van der Waals surface area contributed by atoms with E-state index in [1.807, 2.05) is 6.08 Å². The van der Waals surface area contributed by atoms with Gasteiger partial charge in [-0.3, -0.25) is 9.59 Å². The second-order valence-corrected chi connectivity index (χ2v) is 11.1. The van der Waals surface area contributed by atoms with Crippen molar-refractivity contribution in [1.29, 1.82) is 0 Å². The summed E-state index contributed by atoms with van der Waals surface area (Å²) in [4.78, 5) is 24.2. The Kier molecular flexibility index (Phi) is 7.50. The fourth-order valence-electron chi connectivity index (χ4n) is 9.12. The summed E-state index contributed by atoms with van der Waals surface area (Å²) >= 11 is 0. The summed E-state index contributed by atoms with van der Waals surface area (Å²) in [6.07, 6.45) is 9.85. The van der Waals surface area contributed by atoms with E-state index in [1.54, 1.807) is 0 Å². The molecule has 2 aliphatic heterocycles. The zero-order chi connectivity index (χ0) is 18.4.